The third-order valence-corrected chi connectivity index (χ3v) is 4.10. The zero-order chi connectivity index (χ0) is 17.3. The molecule has 0 aliphatic rings. The highest BCUT2D eigenvalue weighted by atomic mass is 32.2. The predicted octanol–water partition coefficient (Wildman–Crippen LogP) is -1.53. The molecule has 2 atom stereocenters. The molecule has 0 amide bonds. The summed E-state index contributed by atoms with van der Waals surface area (Å²) < 4.78 is 65.1. The van der Waals surface area contributed by atoms with Crippen LogP contribution >= 0.6 is 0 Å². The van der Waals surface area contributed by atoms with Crippen LogP contribution in [-0.4, -0.2) is 70.8 Å². The monoisotopic (exact) mass is 350 g/mol. The number of ether oxygens (including phenoxy) is 1. The molecule has 21 heavy (non-hydrogen) atoms. The van der Waals surface area contributed by atoms with Crippen LogP contribution < -0.4 is 0 Å². The average Bonchev–Trinajstić information content (AvgIpc) is 2.09. The summed E-state index contributed by atoms with van der Waals surface area (Å²) in [5, 5.41) is 17.9. The van der Waals surface area contributed by atoms with Gasteiger partial charge in [0.25, 0.3) is 20.2 Å². The molecule has 0 radical (unpaired) electrons. The lowest BCUT2D eigenvalue weighted by atomic mass is 10.1. The van der Waals surface area contributed by atoms with Gasteiger partial charge in [0, 0.05) is 0 Å². The van der Waals surface area contributed by atoms with E-state index in [1.54, 1.807) is 0 Å². The second-order valence-corrected chi connectivity index (χ2v) is 7.53. The van der Waals surface area contributed by atoms with Gasteiger partial charge in [-0.05, 0) is 13.8 Å². The molecule has 0 fully saturated rings. The van der Waals surface area contributed by atoms with E-state index >= 15 is 0 Å². The second kappa shape index (κ2) is 5.84. The average molecular weight is 350 g/mol. The minimum atomic E-state index is -4.88. The first-order chi connectivity index (χ1) is 9.01. The first kappa shape index (κ1) is 19.7. The van der Waals surface area contributed by atoms with Gasteiger partial charge in [0.05, 0.1) is 0 Å². The Bertz CT molecular complexity index is 577. The van der Waals surface area contributed by atoms with Crippen LogP contribution in [0.1, 0.15) is 13.8 Å². The van der Waals surface area contributed by atoms with Crippen molar-refractivity contribution in [2.75, 3.05) is 11.5 Å². The Hall–Kier alpha value is -1.28. The molecule has 124 valence electrons. The third kappa shape index (κ3) is 6.34. The van der Waals surface area contributed by atoms with Gasteiger partial charge >= 0.3 is 11.9 Å². The fraction of sp³-hybridized carbons (Fsp3) is 0.750. The van der Waals surface area contributed by atoms with E-state index in [-0.39, 0.29) is 0 Å². The van der Waals surface area contributed by atoms with Gasteiger partial charge in [0.2, 0.25) is 0 Å². The summed E-state index contributed by atoms with van der Waals surface area (Å²) in [4.78, 5) is 22.1. The number of hydrogen-bond acceptors (Lipinski definition) is 7. The van der Waals surface area contributed by atoms with Crippen molar-refractivity contribution in [3.63, 3.8) is 0 Å². The molecule has 0 heterocycles. The van der Waals surface area contributed by atoms with E-state index < -0.39 is 54.9 Å². The smallest absolute Gasteiger partial charge is 0.336 e. The quantitative estimate of drug-likeness (QED) is 0.371. The summed E-state index contributed by atoms with van der Waals surface area (Å²) in [6.07, 6.45) is 0. The summed E-state index contributed by atoms with van der Waals surface area (Å²) >= 11 is 0. The summed E-state index contributed by atoms with van der Waals surface area (Å²) in [6.45, 7) is 1.27. The lowest BCUT2D eigenvalue weighted by molar-refractivity contribution is -0.191. The van der Waals surface area contributed by atoms with E-state index in [9.17, 15) is 26.4 Å². The number of rotatable bonds is 8. The maximum atomic E-state index is 11.1. The molecule has 11 nitrogen and oxygen atoms in total. The molecule has 0 aromatic rings. The second-order valence-electron chi connectivity index (χ2n) is 4.63. The molecule has 13 heteroatoms. The SMILES string of the molecule is CC(CS(=O)(=O)O)(OC(C)(CS(=O)(=O)O)C(=O)O)C(=O)O. The van der Waals surface area contributed by atoms with Crippen molar-refractivity contribution >= 4 is 32.2 Å². The van der Waals surface area contributed by atoms with Crippen LogP contribution in [0.15, 0.2) is 0 Å². The molecular formula is C8H14O11S2. The predicted molar refractivity (Wildman–Crippen MR) is 66.0 cm³/mol. The fourth-order valence-corrected chi connectivity index (χ4v) is 3.22. The molecule has 0 aromatic carbocycles. The molecule has 0 spiro atoms. The molecule has 4 N–H and O–H groups in total. The van der Waals surface area contributed by atoms with Gasteiger partial charge < -0.3 is 14.9 Å². The molecule has 0 saturated heterocycles. The van der Waals surface area contributed by atoms with Crippen LogP contribution in [0.25, 0.3) is 0 Å². The lowest BCUT2D eigenvalue weighted by Gasteiger charge is -2.33. The van der Waals surface area contributed by atoms with Gasteiger partial charge in [-0.2, -0.15) is 16.8 Å². The van der Waals surface area contributed by atoms with E-state index in [4.69, 9.17) is 19.3 Å². The van der Waals surface area contributed by atoms with E-state index in [2.05, 4.69) is 4.74 Å². The van der Waals surface area contributed by atoms with E-state index in [0.29, 0.717) is 13.8 Å². The van der Waals surface area contributed by atoms with E-state index in [0.717, 1.165) is 0 Å². The van der Waals surface area contributed by atoms with Crippen molar-refractivity contribution in [1.29, 1.82) is 0 Å². The van der Waals surface area contributed by atoms with Crippen molar-refractivity contribution in [2.45, 2.75) is 25.0 Å². The largest absolute Gasteiger partial charge is 0.479 e. The number of carbonyl (C=O) groups is 2. The Balaban J connectivity index is 5.76. The Kier molecular flexibility index (Phi) is 5.49. The van der Waals surface area contributed by atoms with Crippen LogP contribution in [-0.2, 0) is 34.6 Å². The maximum Gasteiger partial charge on any atom is 0.336 e. The lowest BCUT2D eigenvalue weighted by Crippen LogP contribution is -2.56. The first-order valence-corrected chi connectivity index (χ1v) is 8.30. The number of hydrogen-bond donors (Lipinski definition) is 4. The summed E-state index contributed by atoms with van der Waals surface area (Å²) in [6, 6.07) is 0. The van der Waals surface area contributed by atoms with Crippen molar-refractivity contribution in [3.8, 4) is 0 Å². The Morgan fingerprint density at radius 3 is 1.24 bits per heavy atom. The normalized spacial score (nSPS) is 18.5. The van der Waals surface area contributed by atoms with Crippen LogP contribution in [0.5, 0.6) is 0 Å². The number of aliphatic carboxylic acids is 2. The van der Waals surface area contributed by atoms with Gasteiger partial charge in [-0.3, -0.25) is 9.11 Å². The first-order valence-electron chi connectivity index (χ1n) is 5.08. The topological polar surface area (TPSA) is 193 Å². The van der Waals surface area contributed by atoms with Crippen LogP contribution in [0, 0.1) is 0 Å². The van der Waals surface area contributed by atoms with Gasteiger partial charge in [-0.15, -0.1) is 0 Å². The minimum Gasteiger partial charge on any atom is -0.479 e. The molecule has 0 aliphatic carbocycles. The highest BCUT2D eigenvalue weighted by Gasteiger charge is 2.50. The van der Waals surface area contributed by atoms with E-state index in [1.807, 2.05) is 0 Å². The minimum absolute atomic E-state index is 0.633. The summed E-state index contributed by atoms with van der Waals surface area (Å²) in [5.74, 6) is -6.96. The van der Waals surface area contributed by atoms with Crippen molar-refractivity contribution in [3.05, 3.63) is 0 Å². The number of carboxylic acid groups (broad SMARTS) is 2. The van der Waals surface area contributed by atoms with Crippen molar-refractivity contribution in [1.82, 2.24) is 0 Å². The van der Waals surface area contributed by atoms with Gasteiger partial charge in [-0.1, -0.05) is 0 Å². The summed E-state index contributed by atoms with van der Waals surface area (Å²) in [5.41, 5.74) is -5.52. The molecule has 0 aliphatic heterocycles. The fourth-order valence-electron chi connectivity index (χ4n) is 1.46. The van der Waals surface area contributed by atoms with Crippen LogP contribution in [0.3, 0.4) is 0 Å². The van der Waals surface area contributed by atoms with Crippen LogP contribution in [0.4, 0.5) is 0 Å². The molecule has 0 aromatic heterocycles. The van der Waals surface area contributed by atoms with Crippen LogP contribution in [0.2, 0.25) is 0 Å². The molecule has 0 bridgehead atoms. The highest BCUT2D eigenvalue weighted by Crippen LogP contribution is 2.25. The third-order valence-electron chi connectivity index (χ3n) is 2.27. The maximum absolute atomic E-state index is 11.1. The van der Waals surface area contributed by atoms with Crippen molar-refractivity contribution in [2.24, 2.45) is 0 Å². The standard InChI is InChI=1S/C8H14O11S2/c1-7(5(9)10,3-20(13,14)15)19-8(2,6(11)12)4-21(16,17)18/h3-4H2,1-2H3,(H,9,10)(H,11,12)(H,13,14,15)(H,16,17,18). The zero-order valence-electron chi connectivity index (χ0n) is 10.9. The zero-order valence-corrected chi connectivity index (χ0v) is 12.5. The van der Waals surface area contributed by atoms with Crippen molar-refractivity contribution < 1.29 is 50.5 Å². The number of carboxylic acids is 2. The van der Waals surface area contributed by atoms with Gasteiger partial charge in [0.15, 0.2) is 11.2 Å². The van der Waals surface area contributed by atoms with E-state index in [1.165, 1.54) is 0 Å². The molecular weight excluding hydrogens is 336 g/mol. The molecule has 2 unspecified atom stereocenters. The molecule has 0 saturated carbocycles. The Morgan fingerprint density at radius 2 is 1.10 bits per heavy atom. The summed E-state index contributed by atoms with van der Waals surface area (Å²) in [7, 11) is -9.76. The molecule has 0 rings (SSSR count). The van der Waals surface area contributed by atoms with Gasteiger partial charge in [-0.25, -0.2) is 9.59 Å². The highest BCUT2D eigenvalue weighted by molar-refractivity contribution is 7.86. The Morgan fingerprint density at radius 1 is 0.857 bits per heavy atom. The Labute approximate surface area is 120 Å². The van der Waals surface area contributed by atoms with Gasteiger partial charge in [0.1, 0.15) is 11.5 Å².